The largest absolute Gasteiger partial charge is 0.498 e. The molecule has 2 aromatic heterocycles. The molecule has 0 unspecified atom stereocenters. The maximum Gasteiger partial charge on any atom is 0.459 e. The summed E-state index contributed by atoms with van der Waals surface area (Å²) in [6, 6.07) is 5.07. The van der Waals surface area contributed by atoms with Crippen molar-refractivity contribution >= 4 is 11.7 Å². The number of alkyl halides is 8. The van der Waals surface area contributed by atoms with Crippen molar-refractivity contribution in [2.45, 2.75) is 18.3 Å². The predicted molar refractivity (Wildman–Crippen MR) is 95.0 cm³/mol. The maximum atomic E-state index is 13.8. The van der Waals surface area contributed by atoms with E-state index < -0.39 is 41.1 Å². The molecule has 0 radical (unpaired) electrons. The number of aryl methyl sites for hydroxylation is 1. The first-order valence-corrected chi connectivity index (χ1v) is 8.64. The molecule has 0 amide bonds. The van der Waals surface area contributed by atoms with Crippen LogP contribution in [0.1, 0.15) is 22.4 Å². The Hall–Kier alpha value is -4.25. The van der Waals surface area contributed by atoms with E-state index in [1.807, 2.05) is 0 Å². The van der Waals surface area contributed by atoms with Crippen LogP contribution < -0.4 is 0 Å². The molecule has 34 heavy (non-hydrogen) atoms. The lowest BCUT2D eigenvalue weighted by Crippen LogP contribution is -2.36. The van der Waals surface area contributed by atoms with Gasteiger partial charge in [0.05, 0.1) is 17.8 Å². The average molecular weight is 492 g/mol. The van der Waals surface area contributed by atoms with E-state index in [-0.39, 0.29) is 31.7 Å². The second kappa shape index (κ2) is 7.96. The van der Waals surface area contributed by atoms with Crippen LogP contribution in [-0.4, -0.2) is 42.0 Å². The molecule has 0 aliphatic heterocycles. The van der Waals surface area contributed by atoms with Crippen LogP contribution in [0.5, 0.6) is 0 Å². The van der Waals surface area contributed by atoms with Gasteiger partial charge < -0.3 is 5.11 Å². The Balaban J connectivity index is 2.21. The third kappa shape index (κ3) is 3.97. The highest BCUT2D eigenvalue weighted by molar-refractivity contribution is 5.86. The fourth-order valence-corrected chi connectivity index (χ4v) is 2.94. The summed E-state index contributed by atoms with van der Waals surface area (Å²) in [5.74, 6) is -7.02. The number of benzene rings is 1. The van der Waals surface area contributed by atoms with E-state index in [1.165, 1.54) is 6.07 Å². The van der Waals surface area contributed by atoms with E-state index >= 15 is 0 Å². The van der Waals surface area contributed by atoms with Gasteiger partial charge in [-0.1, -0.05) is 11.3 Å². The minimum Gasteiger partial charge on any atom is -0.498 e. The molecule has 178 valence electrons. The summed E-state index contributed by atoms with van der Waals surface area (Å²) in [5.41, 5.74) is -5.66. The zero-order valence-electron chi connectivity index (χ0n) is 16.4. The summed E-state index contributed by atoms with van der Waals surface area (Å²) < 4.78 is 107. The van der Waals surface area contributed by atoms with Crippen molar-refractivity contribution in [3.63, 3.8) is 0 Å². The van der Waals surface area contributed by atoms with Gasteiger partial charge in [-0.2, -0.15) is 45.5 Å². The second-order valence-electron chi connectivity index (χ2n) is 6.61. The lowest BCUT2D eigenvalue weighted by molar-refractivity contribution is -0.292. The molecule has 0 spiro atoms. The minimum atomic E-state index is -6.36. The number of hydrogen-bond acceptors (Lipinski definition) is 6. The molecule has 0 bridgehead atoms. The van der Waals surface area contributed by atoms with Crippen molar-refractivity contribution < 1.29 is 45.0 Å². The van der Waals surface area contributed by atoms with Crippen molar-refractivity contribution in [2.24, 2.45) is 7.05 Å². The van der Waals surface area contributed by atoms with Gasteiger partial charge in [0, 0.05) is 18.2 Å². The fraction of sp³-hybridized carbons (Fsp3) is 0.222. The van der Waals surface area contributed by atoms with Gasteiger partial charge >= 0.3 is 18.3 Å². The van der Waals surface area contributed by atoms with Gasteiger partial charge in [-0.15, -0.1) is 5.10 Å². The van der Waals surface area contributed by atoms with Gasteiger partial charge in [0.25, 0.3) is 0 Å². The topological polar surface area (TPSA) is 110 Å². The zero-order valence-corrected chi connectivity index (χ0v) is 16.4. The number of aromatic nitrogens is 5. The zero-order chi connectivity index (χ0) is 25.6. The average Bonchev–Trinajstić information content (AvgIpc) is 3.36. The smallest absolute Gasteiger partial charge is 0.459 e. The molecule has 1 aromatic carbocycles. The monoisotopic (exact) mass is 492 g/mol. The van der Waals surface area contributed by atoms with E-state index in [0.717, 1.165) is 24.3 Å². The number of carbonyl (C=O) groups excluding carboxylic acids is 1. The molecule has 0 fully saturated rings. The van der Waals surface area contributed by atoms with Crippen LogP contribution in [0.2, 0.25) is 0 Å². The Morgan fingerprint density at radius 3 is 2.29 bits per heavy atom. The summed E-state index contributed by atoms with van der Waals surface area (Å²) in [5, 5.41) is 28.3. The Labute approximate surface area is 182 Å². The highest BCUT2D eigenvalue weighted by atomic mass is 19.4. The first-order chi connectivity index (χ1) is 15.6. The molecule has 2 heterocycles. The summed E-state index contributed by atoms with van der Waals surface area (Å²) in [7, 11) is 0.703. The highest BCUT2D eigenvalue weighted by Crippen LogP contribution is 2.49. The van der Waals surface area contributed by atoms with Gasteiger partial charge in [0.15, 0.2) is 17.5 Å². The molecule has 16 heteroatoms. The van der Waals surface area contributed by atoms with Crippen molar-refractivity contribution in [1.29, 1.82) is 5.26 Å². The molecule has 8 nitrogen and oxygen atoms in total. The lowest BCUT2D eigenvalue weighted by atomic mass is 10.0. The van der Waals surface area contributed by atoms with Crippen LogP contribution in [0.3, 0.4) is 0 Å². The number of halogens is 8. The highest BCUT2D eigenvalue weighted by Gasteiger charge is 2.64. The quantitative estimate of drug-likeness (QED) is 0.336. The number of hydrogen-bond donors (Lipinski definition) is 1. The molecule has 0 aliphatic carbocycles. The van der Waals surface area contributed by atoms with E-state index in [2.05, 4.69) is 15.4 Å². The Kier molecular flexibility index (Phi) is 5.71. The second-order valence-corrected chi connectivity index (χ2v) is 6.61. The summed E-state index contributed by atoms with van der Waals surface area (Å²) in [4.78, 5) is 10.7. The van der Waals surface area contributed by atoms with Crippen molar-refractivity contribution in [3.05, 3.63) is 46.8 Å². The van der Waals surface area contributed by atoms with Crippen molar-refractivity contribution in [1.82, 2.24) is 24.8 Å². The number of aliphatic hydroxyl groups is 1. The molecule has 0 atom stereocenters. The number of nitrogens with zero attached hydrogens (tertiary/aromatic N) is 6. The molecule has 0 saturated carbocycles. The van der Waals surface area contributed by atoms with Gasteiger partial charge in [0.2, 0.25) is 5.76 Å². The van der Waals surface area contributed by atoms with Gasteiger partial charge in [-0.25, -0.2) is 14.2 Å². The Bertz CT molecular complexity index is 1360. The molecular formula is C18H8F8N6O2. The van der Waals surface area contributed by atoms with E-state index in [4.69, 9.17) is 5.26 Å². The first-order valence-electron chi connectivity index (χ1n) is 8.64. The SMILES string of the molecule is Cn1nc(C(F)(F)C(F)(F)F)c(C(F)(F)F)c1-n1cc(-c2ccc(C#N)c(C(O)=C=O)c2)nn1. The molecule has 3 aromatic rings. The van der Waals surface area contributed by atoms with Crippen molar-refractivity contribution in [3.8, 4) is 23.1 Å². The Morgan fingerprint density at radius 2 is 1.76 bits per heavy atom. The maximum absolute atomic E-state index is 13.8. The minimum absolute atomic E-state index is 0.00128. The first kappa shape index (κ1) is 24.4. The lowest BCUT2D eigenvalue weighted by Gasteiger charge is -2.19. The molecule has 1 N–H and O–H groups in total. The number of nitriles is 1. The fourth-order valence-electron chi connectivity index (χ4n) is 2.94. The van der Waals surface area contributed by atoms with Crippen molar-refractivity contribution in [2.75, 3.05) is 0 Å². The third-order valence-electron chi connectivity index (χ3n) is 4.45. The van der Waals surface area contributed by atoms with Gasteiger partial charge in [-0.05, 0) is 12.1 Å². The van der Waals surface area contributed by atoms with Crippen LogP contribution >= 0.6 is 0 Å². The van der Waals surface area contributed by atoms with Crippen LogP contribution in [0.25, 0.3) is 22.8 Å². The summed E-state index contributed by atoms with van der Waals surface area (Å²) in [6.07, 6.45) is -11.3. The summed E-state index contributed by atoms with van der Waals surface area (Å²) in [6.45, 7) is 0. The number of aliphatic hydroxyl groups excluding tert-OH is 1. The standard InChI is InChI=1S/C18H8F8N6O2/c1-31-15(13(17(21,22)23)14(29-31)16(19,20)18(24,25)26)32-6-11(28-30-32)8-2-3-9(5-27)10(4-8)12(34)7-33/h2-4,6,34H,1H3. The molecular weight excluding hydrogens is 484 g/mol. The van der Waals surface area contributed by atoms with Crippen LogP contribution in [0, 0.1) is 11.3 Å². The van der Waals surface area contributed by atoms with Crippen LogP contribution in [-0.2, 0) is 23.9 Å². The third-order valence-corrected chi connectivity index (χ3v) is 4.45. The Morgan fingerprint density at radius 1 is 1.12 bits per heavy atom. The van der Waals surface area contributed by atoms with Gasteiger partial charge in [-0.3, -0.25) is 0 Å². The predicted octanol–water partition coefficient (Wildman–Crippen LogP) is 3.94. The molecule has 0 aliphatic rings. The van der Waals surface area contributed by atoms with E-state index in [9.17, 15) is 45.0 Å². The summed E-state index contributed by atoms with van der Waals surface area (Å²) >= 11 is 0. The number of rotatable bonds is 4. The van der Waals surface area contributed by atoms with E-state index in [0.29, 0.717) is 7.05 Å². The van der Waals surface area contributed by atoms with Gasteiger partial charge in [0.1, 0.15) is 11.3 Å². The van der Waals surface area contributed by atoms with Crippen LogP contribution in [0.15, 0.2) is 24.4 Å². The molecule has 0 saturated heterocycles. The van der Waals surface area contributed by atoms with Crippen LogP contribution in [0.4, 0.5) is 35.1 Å². The van der Waals surface area contributed by atoms with E-state index in [1.54, 1.807) is 6.07 Å². The molecule has 3 rings (SSSR count). The normalized spacial score (nSPS) is 12.4.